The molecule has 0 fully saturated rings. The lowest BCUT2D eigenvalue weighted by molar-refractivity contribution is 0.279. The second kappa shape index (κ2) is 5.65. The van der Waals surface area contributed by atoms with E-state index in [9.17, 15) is 12.8 Å². The maximum atomic E-state index is 13.5. The van der Waals surface area contributed by atoms with Crippen molar-refractivity contribution >= 4 is 9.84 Å². The van der Waals surface area contributed by atoms with Crippen molar-refractivity contribution < 1.29 is 12.8 Å². The number of alkyl halides is 1. The van der Waals surface area contributed by atoms with Gasteiger partial charge < -0.3 is 5.32 Å². The van der Waals surface area contributed by atoms with Gasteiger partial charge >= 0.3 is 0 Å². The normalized spacial score (nSPS) is 15.9. The number of hydrogen-bond acceptors (Lipinski definition) is 3. The van der Waals surface area contributed by atoms with Crippen LogP contribution < -0.4 is 5.32 Å². The SMILES string of the molecule is CC(C)(C)NCC(F)CCS(=O)(=O)C(C)(C)C. The fraction of sp³-hybridized carbons (Fsp3) is 1.00. The van der Waals surface area contributed by atoms with Crippen LogP contribution in [0.25, 0.3) is 0 Å². The van der Waals surface area contributed by atoms with Crippen LogP contribution in [0, 0.1) is 0 Å². The van der Waals surface area contributed by atoms with Crippen LogP contribution in [0.5, 0.6) is 0 Å². The maximum absolute atomic E-state index is 13.5. The van der Waals surface area contributed by atoms with Crippen molar-refractivity contribution in [2.24, 2.45) is 0 Å². The maximum Gasteiger partial charge on any atom is 0.155 e. The largest absolute Gasteiger partial charge is 0.309 e. The summed E-state index contributed by atoms with van der Waals surface area (Å²) in [7, 11) is -3.21. The van der Waals surface area contributed by atoms with Crippen LogP contribution in [0.4, 0.5) is 4.39 Å². The van der Waals surface area contributed by atoms with E-state index in [0.29, 0.717) is 0 Å². The summed E-state index contributed by atoms with van der Waals surface area (Å²) in [5, 5.41) is 3.03. The quantitative estimate of drug-likeness (QED) is 0.831. The summed E-state index contributed by atoms with van der Waals surface area (Å²) in [6.07, 6.45) is -1.06. The Kier molecular flexibility index (Phi) is 5.60. The molecule has 17 heavy (non-hydrogen) atoms. The molecule has 5 heteroatoms. The molecule has 104 valence electrons. The second-order valence-electron chi connectivity index (χ2n) is 6.45. The molecule has 0 heterocycles. The van der Waals surface area contributed by atoms with Crippen LogP contribution in [0.15, 0.2) is 0 Å². The van der Waals surface area contributed by atoms with E-state index >= 15 is 0 Å². The van der Waals surface area contributed by atoms with Gasteiger partial charge in [0.2, 0.25) is 0 Å². The highest BCUT2D eigenvalue weighted by Crippen LogP contribution is 2.17. The molecule has 0 aliphatic rings. The molecule has 0 amide bonds. The molecular formula is C12H26FNO2S. The first-order chi connectivity index (χ1) is 7.35. The molecule has 0 saturated carbocycles. The molecule has 0 saturated heterocycles. The van der Waals surface area contributed by atoms with Gasteiger partial charge in [-0.25, -0.2) is 12.8 Å². The van der Waals surface area contributed by atoms with Crippen molar-refractivity contribution in [3.63, 3.8) is 0 Å². The molecule has 0 aromatic rings. The number of sulfone groups is 1. The van der Waals surface area contributed by atoms with E-state index in [1.165, 1.54) is 0 Å². The van der Waals surface area contributed by atoms with Gasteiger partial charge in [0.1, 0.15) is 6.17 Å². The smallest absolute Gasteiger partial charge is 0.155 e. The zero-order chi connectivity index (χ0) is 13.9. The van der Waals surface area contributed by atoms with Gasteiger partial charge in [0, 0.05) is 12.1 Å². The molecule has 0 spiro atoms. The molecular weight excluding hydrogens is 241 g/mol. The minimum absolute atomic E-state index is 0.0582. The lowest BCUT2D eigenvalue weighted by Gasteiger charge is -2.23. The van der Waals surface area contributed by atoms with Gasteiger partial charge in [0.05, 0.1) is 10.5 Å². The van der Waals surface area contributed by atoms with E-state index in [2.05, 4.69) is 5.32 Å². The Bertz CT molecular complexity index is 325. The Morgan fingerprint density at radius 2 is 1.59 bits per heavy atom. The summed E-state index contributed by atoms with van der Waals surface area (Å²) in [6.45, 7) is 11.0. The second-order valence-corrected chi connectivity index (χ2v) is 9.31. The number of nitrogens with one attached hydrogen (secondary N) is 1. The predicted octanol–water partition coefficient (Wildman–Crippen LogP) is 2.32. The highest BCUT2D eigenvalue weighted by molar-refractivity contribution is 7.92. The van der Waals surface area contributed by atoms with E-state index in [0.717, 1.165) is 0 Å². The lowest BCUT2D eigenvalue weighted by atomic mass is 10.1. The minimum Gasteiger partial charge on any atom is -0.309 e. The fourth-order valence-electron chi connectivity index (χ4n) is 1.11. The van der Waals surface area contributed by atoms with Crippen LogP contribution in [0.2, 0.25) is 0 Å². The molecule has 0 rings (SSSR count). The van der Waals surface area contributed by atoms with Gasteiger partial charge in [-0.3, -0.25) is 0 Å². The summed E-state index contributed by atoms with van der Waals surface area (Å²) in [4.78, 5) is 0. The average Bonchev–Trinajstić information content (AvgIpc) is 2.08. The Morgan fingerprint density at radius 1 is 1.12 bits per heavy atom. The van der Waals surface area contributed by atoms with Crippen molar-refractivity contribution in [3.8, 4) is 0 Å². The van der Waals surface area contributed by atoms with E-state index in [4.69, 9.17) is 0 Å². The molecule has 1 atom stereocenters. The third kappa shape index (κ3) is 6.99. The summed E-state index contributed by atoms with van der Waals surface area (Å²) in [6, 6.07) is 0. The van der Waals surface area contributed by atoms with E-state index in [1.54, 1.807) is 20.8 Å². The molecule has 0 bridgehead atoms. The zero-order valence-electron chi connectivity index (χ0n) is 11.8. The molecule has 0 aromatic heterocycles. The van der Waals surface area contributed by atoms with Crippen molar-refractivity contribution in [3.05, 3.63) is 0 Å². The summed E-state index contributed by atoms with van der Waals surface area (Å²) in [5.41, 5.74) is -0.146. The van der Waals surface area contributed by atoms with Crippen molar-refractivity contribution in [1.29, 1.82) is 0 Å². The van der Waals surface area contributed by atoms with Gasteiger partial charge in [-0.2, -0.15) is 0 Å². The zero-order valence-corrected chi connectivity index (χ0v) is 12.6. The first-order valence-corrected chi connectivity index (χ1v) is 7.62. The van der Waals surface area contributed by atoms with Gasteiger partial charge in [-0.1, -0.05) is 0 Å². The predicted molar refractivity (Wildman–Crippen MR) is 70.8 cm³/mol. The van der Waals surface area contributed by atoms with Gasteiger partial charge in [-0.15, -0.1) is 0 Å². The average molecular weight is 267 g/mol. The topological polar surface area (TPSA) is 46.2 Å². The molecule has 0 aliphatic carbocycles. The Balaban J connectivity index is 4.14. The lowest BCUT2D eigenvalue weighted by Crippen LogP contribution is -2.40. The third-order valence-corrected chi connectivity index (χ3v) is 5.13. The molecule has 0 aromatic carbocycles. The first-order valence-electron chi connectivity index (χ1n) is 5.96. The van der Waals surface area contributed by atoms with Crippen LogP contribution in [0.1, 0.15) is 48.0 Å². The number of halogens is 1. The van der Waals surface area contributed by atoms with Crippen LogP contribution in [0.3, 0.4) is 0 Å². The van der Waals surface area contributed by atoms with E-state index in [-0.39, 0.29) is 24.3 Å². The molecule has 0 radical (unpaired) electrons. The Morgan fingerprint density at radius 3 is 1.94 bits per heavy atom. The number of rotatable bonds is 5. The van der Waals surface area contributed by atoms with Crippen LogP contribution in [-0.2, 0) is 9.84 Å². The van der Waals surface area contributed by atoms with Crippen molar-refractivity contribution in [2.75, 3.05) is 12.3 Å². The van der Waals surface area contributed by atoms with E-state index < -0.39 is 20.8 Å². The highest BCUT2D eigenvalue weighted by atomic mass is 32.2. The van der Waals surface area contributed by atoms with E-state index in [1.807, 2.05) is 20.8 Å². The molecule has 3 nitrogen and oxygen atoms in total. The Hall–Kier alpha value is -0.160. The molecule has 1 N–H and O–H groups in total. The molecule has 1 unspecified atom stereocenters. The molecule has 0 aliphatic heterocycles. The third-order valence-electron chi connectivity index (χ3n) is 2.49. The van der Waals surface area contributed by atoms with Gasteiger partial charge in [0.15, 0.2) is 9.84 Å². The monoisotopic (exact) mass is 267 g/mol. The van der Waals surface area contributed by atoms with Crippen molar-refractivity contribution in [1.82, 2.24) is 5.32 Å². The summed E-state index contributed by atoms with van der Waals surface area (Å²) in [5.74, 6) is -0.0938. The fourth-order valence-corrected chi connectivity index (χ4v) is 2.29. The number of hydrogen-bond donors (Lipinski definition) is 1. The van der Waals surface area contributed by atoms with Gasteiger partial charge in [-0.05, 0) is 48.0 Å². The summed E-state index contributed by atoms with van der Waals surface area (Å²) < 4.78 is 36.3. The Labute approximate surface area is 105 Å². The standard InChI is InChI=1S/C12H26FNO2S/c1-11(2,3)14-9-10(13)7-8-17(15,16)12(4,5)6/h10,14H,7-9H2,1-6H3. The first kappa shape index (κ1) is 16.8. The summed E-state index contributed by atoms with van der Waals surface area (Å²) >= 11 is 0. The van der Waals surface area contributed by atoms with Gasteiger partial charge in [0.25, 0.3) is 0 Å². The minimum atomic E-state index is -3.21. The van der Waals surface area contributed by atoms with Crippen LogP contribution >= 0.6 is 0 Å². The van der Waals surface area contributed by atoms with Crippen LogP contribution in [-0.4, -0.2) is 37.2 Å². The van der Waals surface area contributed by atoms with Crippen molar-refractivity contribution in [2.45, 2.75) is 64.4 Å². The highest BCUT2D eigenvalue weighted by Gasteiger charge is 2.29.